The van der Waals surface area contributed by atoms with Crippen LogP contribution in [0.1, 0.15) is 134 Å². The smallest absolute Gasteiger partial charge is 0.310 e. The minimum atomic E-state index is -0.687. The molecule has 0 aliphatic carbocycles. The van der Waals surface area contributed by atoms with Crippen LogP contribution in [0.5, 0.6) is 5.75 Å². The molecule has 4 heteroatoms. The van der Waals surface area contributed by atoms with Gasteiger partial charge in [0.15, 0.2) is 0 Å². The van der Waals surface area contributed by atoms with E-state index in [9.17, 15) is 9.59 Å². The number of carbonyl (C=O) groups excluding carboxylic acids is 1. The average Bonchev–Trinajstić information content (AvgIpc) is 2.77. The summed E-state index contributed by atoms with van der Waals surface area (Å²) in [6.45, 7) is 6.10. The molecule has 1 atom stereocenters. The second-order valence-electron chi connectivity index (χ2n) is 9.16. The van der Waals surface area contributed by atoms with Crippen LogP contribution in [0.3, 0.4) is 0 Å². The fourth-order valence-corrected chi connectivity index (χ4v) is 4.26. The quantitative estimate of drug-likeness (QED) is 0.132. The van der Waals surface area contributed by atoms with Crippen molar-refractivity contribution in [1.82, 2.24) is 0 Å². The van der Waals surface area contributed by atoms with Gasteiger partial charge in [-0.2, -0.15) is 0 Å². The molecule has 4 nitrogen and oxygen atoms in total. The normalized spacial score (nSPS) is 12.0. The first-order valence-corrected chi connectivity index (χ1v) is 13.0. The number of carboxylic acids is 1. The van der Waals surface area contributed by atoms with Crippen LogP contribution in [0.4, 0.5) is 0 Å². The first-order valence-electron chi connectivity index (χ1n) is 13.0. The molecule has 182 valence electrons. The van der Waals surface area contributed by atoms with Crippen molar-refractivity contribution >= 4 is 11.9 Å². The maximum absolute atomic E-state index is 11.7. The van der Waals surface area contributed by atoms with Crippen LogP contribution in [0.25, 0.3) is 0 Å². The van der Waals surface area contributed by atoms with Gasteiger partial charge in [-0.25, -0.2) is 0 Å². The van der Waals surface area contributed by atoms with Gasteiger partial charge in [0.2, 0.25) is 0 Å². The van der Waals surface area contributed by atoms with Crippen molar-refractivity contribution in [1.29, 1.82) is 0 Å². The lowest BCUT2D eigenvalue weighted by molar-refractivity contribution is -0.137. The third-order valence-corrected chi connectivity index (χ3v) is 6.28. The van der Waals surface area contributed by atoms with Crippen LogP contribution in [-0.2, 0) is 9.59 Å². The number of aliphatic carboxylic acids is 1. The highest BCUT2D eigenvalue weighted by Gasteiger charge is 2.14. The molecule has 1 aromatic rings. The van der Waals surface area contributed by atoms with Crippen molar-refractivity contribution < 1.29 is 19.4 Å². The molecule has 1 rings (SSSR count). The van der Waals surface area contributed by atoms with E-state index in [1.165, 1.54) is 76.2 Å². The van der Waals surface area contributed by atoms with Crippen LogP contribution in [0, 0.1) is 6.92 Å². The molecule has 0 saturated carbocycles. The molecule has 32 heavy (non-hydrogen) atoms. The van der Waals surface area contributed by atoms with E-state index in [4.69, 9.17) is 9.84 Å². The van der Waals surface area contributed by atoms with Gasteiger partial charge in [0, 0.05) is 12.8 Å². The summed E-state index contributed by atoms with van der Waals surface area (Å²) in [5, 5.41) is 8.72. The van der Waals surface area contributed by atoms with E-state index in [2.05, 4.69) is 19.1 Å². The molecular weight excluding hydrogens is 400 g/mol. The Bertz CT molecular complexity index is 653. The number of esters is 1. The third kappa shape index (κ3) is 12.9. The van der Waals surface area contributed by atoms with E-state index < -0.39 is 5.97 Å². The summed E-state index contributed by atoms with van der Waals surface area (Å²) in [6, 6.07) is 6.33. The Hall–Kier alpha value is -1.84. The van der Waals surface area contributed by atoms with Crippen molar-refractivity contribution in [2.24, 2.45) is 0 Å². The van der Waals surface area contributed by atoms with Gasteiger partial charge < -0.3 is 9.84 Å². The van der Waals surface area contributed by atoms with Gasteiger partial charge in [-0.1, -0.05) is 96.6 Å². The Balaban J connectivity index is 2.55. The molecular formula is C28H46O4. The third-order valence-electron chi connectivity index (χ3n) is 6.28. The van der Waals surface area contributed by atoms with Crippen LogP contribution in [0.2, 0.25) is 0 Å². The molecule has 0 aliphatic rings. The van der Waals surface area contributed by atoms with Crippen LogP contribution >= 0.6 is 0 Å². The van der Waals surface area contributed by atoms with E-state index >= 15 is 0 Å². The Morgan fingerprint density at radius 3 is 1.94 bits per heavy atom. The number of benzene rings is 1. The highest BCUT2D eigenvalue weighted by Crippen LogP contribution is 2.32. The lowest BCUT2D eigenvalue weighted by atomic mass is 9.87. The van der Waals surface area contributed by atoms with Gasteiger partial charge in [-0.15, -0.1) is 0 Å². The fourth-order valence-electron chi connectivity index (χ4n) is 4.26. The Labute approximate surface area is 196 Å². The molecule has 0 heterocycles. The monoisotopic (exact) mass is 446 g/mol. The molecule has 0 spiro atoms. The lowest BCUT2D eigenvalue weighted by Crippen LogP contribution is -2.07. The molecule has 1 N–H and O–H groups in total. The van der Waals surface area contributed by atoms with Gasteiger partial charge in [0.1, 0.15) is 5.75 Å². The minimum absolute atomic E-state index is 0.187. The zero-order valence-electron chi connectivity index (χ0n) is 20.8. The lowest BCUT2D eigenvalue weighted by Gasteiger charge is -2.19. The predicted octanol–water partition coefficient (Wildman–Crippen LogP) is 8.35. The van der Waals surface area contributed by atoms with Crippen LogP contribution in [-0.4, -0.2) is 17.0 Å². The van der Waals surface area contributed by atoms with Gasteiger partial charge in [0.25, 0.3) is 0 Å². The van der Waals surface area contributed by atoms with Crippen LogP contribution < -0.4 is 4.74 Å². The second kappa shape index (κ2) is 17.7. The zero-order valence-corrected chi connectivity index (χ0v) is 20.8. The number of carboxylic acid groups (broad SMARTS) is 1. The minimum Gasteiger partial charge on any atom is -0.481 e. The van der Waals surface area contributed by atoms with Gasteiger partial charge in [0.05, 0.1) is 0 Å². The average molecular weight is 447 g/mol. The summed E-state index contributed by atoms with van der Waals surface area (Å²) in [4.78, 5) is 22.2. The Morgan fingerprint density at radius 2 is 1.41 bits per heavy atom. The van der Waals surface area contributed by atoms with Crippen molar-refractivity contribution in [2.45, 2.75) is 129 Å². The Kier molecular flexibility index (Phi) is 15.6. The number of rotatable bonds is 19. The van der Waals surface area contributed by atoms with Crippen molar-refractivity contribution in [3.8, 4) is 5.75 Å². The van der Waals surface area contributed by atoms with E-state index in [0.29, 0.717) is 24.5 Å². The van der Waals surface area contributed by atoms with Crippen molar-refractivity contribution in [3.05, 3.63) is 29.3 Å². The standard InChI is InChI=1S/C28H46O4/c1-4-6-7-8-11-14-17-24(18-15-12-9-10-13-16-19-27(29)30)25-20-21-26(23(3)22-25)32-28(31)5-2/h20-22,24H,4-19H2,1-3H3,(H,29,30). The number of ether oxygens (including phenoxy) is 1. The summed E-state index contributed by atoms with van der Waals surface area (Å²) in [5.74, 6) is 0.365. The summed E-state index contributed by atoms with van der Waals surface area (Å²) in [7, 11) is 0. The molecule has 0 amide bonds. The molecule has 0 saturated heterocycles. The van der Waals surface area contributed by atoms with E-state index in [1.807, 2.05) is 19.9 Å². The topological polar surface area (TPSA) is 63.6 Å². The molecule has 0 radical (unpaired) electrons. The van der Waals surface area contributed by atoms with E-state index in [1.54, 1.807) is 0 Å². The molecule has 1 unspecified atom stereocenters. The molecule has 0 fully saturated rings. The SMILES string of the molecule is CCCCCCCCC(CCCCCCCCC(=O)O)c1ccc(OC(=O)CC)c(C)c1. The summed E-state index contributed by atoms with van der Waals surface area (Å²) < 4.78 is 5.45. The molecule has 1 aromatic carbocycles. The maximum Gasteiger partial charge on any atom is 0.310 e. The number of unbranched alkanes of at least 4 members (excludes halogenated alkanes) is 10. The maximum atomic E-state index is 11.7. The number of hydrogen-bond donors (Lipinski definition) is 1. The van der Waals surface area contributed by atoms with Gasteiger partial charge >= 0.3 is 11.9 Å². The summed E-state index contributed by atoms with van der Waals surface area (Å²) in [6.07, 6.45) is 17.5. The number of hydrogen-bond acceptors (Lipinski definition) is 3. The first kappa shape index (κ1) is 28.2. The van der Waals surface area contributed by atoms with Crippen molar-refractivity contribution in [3.63, 3.8) is 0 Å². The summed E-state index contributed by atoms with van der Waals surface area (Å²) >= 11 is 0. The van der Waals surface area contributed by atoms with Crippen molar-refractivity contribution in [2.75, 3.05) is 0 Å². The number of carbonyl (C=O) groups is 2. The fraction of sp³-hybridized carbons (Fsp3) is 0.714. The van der Waals surface area contributed by atoms with E-state index in [0.717, 1.165) is 24.8 Å². The molecule has 0 aromatic heterocycles. The van der Waals surface area contributed by atoms with E-state index in [-0.39, 0.29) is 5.97 Å². The molecule has 0 aliphatic heterocycles. The largest absolute Gasteiger partial charge is 0.481 e. The van der Waals surface area contributed by atoms with Gasteiger partial charge in [-0.05, 0) is 49.3 Å². The second-order valence-corrected chi connectivity index (χ2v) is 9.16. The zero-order chi connectivity index (χ0) is 23.6. The highest BCUT2D eigenvalue weighted by molar-refractivity contribution is 5.72. The highest BCUT2D eigenvalue weighted by atomic mass is 16.5. The van der Waals surface area contributed by atoms with Crippen LogP contribution in [0.15, 0.2) is 18.2 Å². The Morgan fingerprint density at radius 1 is 0.844 bits per heavy atom. The number of aryl methyl sites for hydroxylation is 1. The predicted molar refractivity (Wildman–Crippen MR) is 132 cm³/mol. The summed E-state index contributed by atoms with van der Waals surface area (Å²) in [5.41, 5.74) is 2.41. The molecule has 0 bridgehead atoms. The van der Waals surface area contributed by atoms with Gasteiger partial charge in [-0.3, -0.25) is 9.59 Å². The first-order chi connectivity index (χ1) is 15.5.